The third kappa shape index (κ3) is 3.69. The Labute approximate surface area is 176 Å². The summed E-state index contributed by atoms with van der Waals surface area (Å²) in [5.41, 5.74) is 4.27. The van der Waals surface area contributed by atoms with Crippen LogP contribution in [-0.2, 0) is 0 Å². The van der Waals surface area contributed by atoms with Crippen LogP contribution in [0.25, 0.3) is 22.0 Å². The molecule has 2 aromatic carbocycles. The normalized spacial score (nSPS) is 17.1. The van der Waals surface area contributed by atoms with Crippen LogP contribution in [0.1, 0.15) is 55.1 Å². The Morgan fingerprint density at radius 1 is 1.17 bits per heavy atom. The van der Waals surface area contributed by atoms with Crippen LogP contribution in [0.4, 0.5) is 5.69 Å². The van der Waals surface area contributed by atoms with Gasteiger partial charge in [0.15, 0.2) is 5.69 Å². The summed E-state index contributed by atoms with van der Waals surface area (Å²) in [5, 5.41) is 11.0. The first-order chi connectivity index (χ1) is 14.0. The summed E-state index contributed by atoms with van der Waals surface area (Å²) in [6, 6.07) is 16.1. The van der Waals surface area contributed by atoms with Crippen LogP contribution in [0.2, 0.25) is 0 Å². The van der Waals surface area contributed by atoms with Gasteiger partial charge in [-0.15, -0.1) is 0 Å². The van der Waals surface area contributed by atoms with Gasteiger partial charge in [-0.1, -0.05) is 67.9 Å². The molecule has 1 fully saturated rings. The number of nitrogens with zero attached hydrogens (tertiary/aromatic N) is 2. The second-order valence-corrected chi connectivity index (χ2v) is 8.41. The number of hydrogen-bond acceptors (Lipinski definition) is 3. The molecule has 0 bridgehead atoms. The number of rotatable bonds is 4. The first kappa shape index (κ1) is 19.7. The molecule has 0 saturated carbocycles. The van der Waals surface area contributed by atoms with Crippen molar-refractivity contribution in [1.82, 2.24) is 4.98 Å². The van der Waals surface area contributed by atoms with Crippen molar-refractivity contribution in [3.63, 3.8) is 0 Å². The number of aromatic nitrogens is 1. The number of carboxylic acid groups (broad SMARTS) is 1. The Balaban J connectivity index is 2.08. The highest BCUT2D eigenvalue weighted by Crippen LogP contribution is 2.42. The number of para-hydroxylation sites is 1. The molecule has 1 aromatic heterocycles. The smallest absolute Gasteiger partial charge is 0.356 e. The second-order valence-electron chi connectivity index (χ2n) is 7.91. The maximum atomic E-state index is 12.2. The van der Waals surface area contributed by atoms with Crippen LogP contribution in [0.5, 0.6) is 0 Å². The Morgan fingerprint density at radius 2 is 1.97 bits per heavy atom. The van der Waals surface area contributed by atoms with Gasteiger partial charge < -0.3 is 10.0 Å². The van der Waals surface area contributed by atoms with Gasteiger partial charge >= 0.3 is 5.97 Å². The first-order valence-electron chi connectivity index (χ1n) is 10.1. The molecule has 4 rings (SSSR count). The van der Waals surface area contributed by atoms with Crippen molar-refractivity contribution >= 4 is 34.2 Å². The Kier molecular flexibility index (Phi) is 5.46. The van der Waals surface area contributed by atoms with Gasteiger partial charge in [-0.25, -0.2) is 9.78 Å². The minimum atomic E-state index is -1.03. The average Bonchev–Trinajstić information content (AvgIpc) is 2.73. The van der Waals surface area contributed by atoms with Crippen molar-refractivity contribution in [2.45, 2.75) is 44.5 Å². The van der Waals surface area contributed by atoms with Crippen molar-refractivity contribution in [3.8, 4) is 11.1 Å². The number of anilines is 1. The Hall–Kier alpha value is -2.59. The number of piperidine rings is 1. The molecule has 0 aliphatic carbocycles. The lowest BCUT2D eigenvalue weighted by Crippen LogP contribution is -2.37. The lowest BCUT2D eigenvalue weighted by atomic mass is 9.92. The largest absolute Gasteiger partial charge is 0.476 e. The maximum Gasteiger partial charge on any atom is 0.356 e. The topological polar surface area (TPSA) is 53.4 Å². The number of halogens is 1. The van der Waals surface area contributed by atoms with Gasteiger partial charge in [0.1, 0.15) is 5.50 Å². The number of benzene rings is 2. The molecular formula is C24H25ClN2O2. The molecule has 2 heterocycles. The Morgan fingerprint density at radius 3 is 2.69 bits per heavy atom. The first-order valence-corrected chi connectivity index (χ1v) is 10.6. The standard InChI is InChI=1S/C24H25ClN2O2/c1-15(2)16-8-7-9-17(14-16)21-18-10-3-4-11-19(18)26-22(24(28)29)23(21)27-13-6-5-12-20(27)25/h3-4,7-11,14-15,20H,5-6,12-13H2,1-2H3,(H,28,29). The van der Waals surface area contributed by atoms with E-state index in [1.807, 2.05) is 35.2 Å². The fourth-order valence-electron chi connectivity index (χ4n) is 4.12. The van der Waals surface area contributed by atoms with Crippen LogP contribution >= 0.6 is 11.6 Å². The van der Waals surface area contributed by atoms with Crippen molar-refractivity contribution in [2.24, 2.45) is 0 Å². The molecule has 4 nitrogen and oxygen atoms in total. The highest BCUT2D eigenvalue weighted by atomic mass is 35.5. The number of fused-ring (bicyclic) bond motifs is 1. The SMILES string of the molecule is CC(C)c1cccc(-c2c(N3CCCCC3Cl)c(C(=O)O)nc3ccccc23)c1. The summed E-state index contributed by atoms with van der Waals surface area (Å²) in [5.74, 6) is -0.650. The highest BCUT2D eigenvalue weighted by molar-refractivity contribution is 6.22. The van der Waals surface area contributed by atoms with E-state index in [0.717, 1.165) is 42.3 Å². The van der Waals surface area contributed by atoms with Crippen molar-refractivity contribution in [3.05, 3.63) is 59.8 Å². The highest BCUT2D eigenvalue weighted by Gasteiger charge is 2.30. The van der Waals surface area contributed by atoms with Crippen LogP contribution in [0, 0.1) is 0 Å². The molecule has 1 atom stereocenters. The van der Waals surface area contributed by atoms with Crippen molar-refractivity contribution in [2.75, 3.05) is 11.4 Å². The number of hydrogen-bond donors (Lipinski definition) is 1. The predicted octanol–water partition coefficient (Wildman–Crippen LogP) is 6.28. The molecule has 1 unspecified atom stereocenters. The monoisotopic (exact) mass is 408 g/mol. The summed E-state index contributed by atoms with van der Waals surface area (Å²) in [4.78, 5) is 18.8. The van der Waals surface area contributed by atoms with Crippen molar-refractivity contribution < 1.29 is 9.90 Å². The number of carboxylic acids is 1. The van der Waals surface area contributed by atoms with Crippen molar-refractivity contribution in [1.29, 1.82) is 0 Å². The maximum absolute atomic E-state index is 12.2. The molecule has 3 aromatic rings. The Bertz CT molecular complexity index is 1060. The van der Waals surface area contributed by atoms with Gasteiger partial charge in [0.2, 0.25) is 0 Å². The van der Waals surface area contributed by atoms with Gasteiger partial charge in [0, 0.05) is 17.5 Å². The molecule has 1 aliphatic heterocycles. The molecule has 1 aliphatic rings. The molecule has 0 spiro atoms. The van der Waals surface area contributed by atoms with Crippen LogP contribution in [0.3, 0.4) is 0 Å². The van der Waals surface area contributed by atoms with Crippen LogP contribution in [-0.4, -0.2) is 28.1 Å². The zero-order valence-corrected chi connectivity index (χ0v) is 17.5. The summed E-state index contributed by atoms with van der Waals surface area (Å²) in [6.45, 7) is 5.05. The number of aromatic carboxylic acids is 1. The predicted molar refractivity (Wildman–Crippen MR) is 119 cm³/mol. The van der Waals surface area contributed by atoms with Gasteiger partial charge in [0.25, 0.3) is 0 Å². The quantitative estimate of drug-likeness (QED) is 0.407. The fraction of sp³-hybridized carbons (Fsp3) is 0.333. The average molecular weight is 409 g/mol. The molecule has 5 heteroatoms. The third-order valence-electron chi connectivity index (χ3n) is 5.63. The van der Waals surface area contributed by atoms with E-state index in [0.29, 0.717) is 17.1 Å². The van der Waals surface area contributed by atoms with E-state index in [1.165, 1.54) is 5.56 Å². The van der Waals surface area contributed by atoms with Gasteiger partial charge in [-0.05, 0) is 42.4 Å². The van der Waals surface area contributed by atoms with E-state index in [-0.39, 0.29) is 11.2 Å². The van der Waals surface area contributed by atoms with E-state index in [4.69, 9.17) is 11.6 Å². The number of carbonyl (C=O) groups is 1. The summed E-state index contributed by atoms with van der Waals surface area (Å²) in [7, 11) is 0. The van der Waals surface area contributed by atoms with E-state index in [2.05, 4.69) is 37.0 Å². The van der Waals surface area contributed by atoms with E-state index in [9.17, 15) is 9.90 Å². The van der Waals surface area contributed by atoms with Gasteiger partial charge in [-0.2, -0.15) is 0 Å². The van der Waals surface area contributed by atoms with Crippen LogP contribution < -0.4 is 4.90 Å². The molecular weight excluding hydrogens is 384 g/mol. The molecule has 0 amide bonds. The number of pyridine rings is 1. The lowest BCUT2D eigenvalue weighted by molar-refractivity contribution is 0.0691. The summed E-state index contributed by atoms with van der Waals surface area (Å²) < 4.78 is 0. The zero-order chi connectivity index (χ0) is 20.5. The molecule has 0 radical (unpaired) electrons. The zero-order valence-electron chi connectivity index (χ0n) is 16.7. The fourth-order valence-corrected chi connectivity index (χ4v) is 4.47. The lowest BCUT2D eigenvalue weighted by Gasteiger charge is -2.36. The van der Waals surface area contributed by atoms with Crippen LogP contribution in [0.15, 0.2) is 48.5 Å². The second kappa shape index (κ2) is 8.03. The molecule has 1 saturated heterocycles. The van der Waals surface area contributed by atoms with Gasteiger partial charge in [0.05, 0.1) is 11.2 Å². The minimum Gasteiger partial charge on any atom is -0.476 e. The molecule has 1 N–H and O–H groups in total. The van der Waals surface area contributed by atoms with E-state index in [1.54, 1.807) is 0 Å². The third-order valence-corrected chi connectivity index (χ3v) is 6.08. The summed E-state index contributed by atoms with van der Waals surface area (Å²) >= 11 is 6.69. The van der Waals surface area contributed by atoms with E-state index < -0.39 is 5.97 Å². The number of alkyl halides is 1. The summed E-state index contributed by atoms with van der Waals surface area (Å²) in [6.07, 6.45) is 2.87. The molecule has 150 valence electrons. The minimum absolute atomic E-state index is 0.0706. The molecule has 29 heavy (non-hydrogen) atoms. The van der Waals surface area contributed by atoms with E-state index >= 15 is 0 Å². The van der Waals surface area contributed by atoms with Gasteiger partial charge in [-0.3, -0.25) is 0 Å².